The highest BCUT2D eigenvalue weighted by Crippen LogP contribution is 2.32. The predicted octanol–water partition coefficient (Wildman–Crippen LogP) is 4.54. The Morgan fingerprint density at radius 1 is 0.850 bits per heavy atom. The van der Waals surface area contributed by atoms with Gasteiger partial charge in [-0.25, -0.2) is 4.98 Å². The Bertz CT molecular complexity index is 685. The monoisotopic (exact) mass is 280 g/mol. The van der Waals surface area contributed by atoms with Crippen molar-refractivity contribution >= 4 is 17.0 Å². The third-order valence-electron chi connectivity index (χ3n) is 3.19. The van der Waals surface area contributed by atoms with Gasteiger partial charge in [0.25, 0.3) is 0 Å². The van der Waals surface area contributed by atoms with Gasteiger partial charge in [-0.05, 0) is 29.8 Å². The third kappa shape index (κ3) is 2.58. The van der Waals surface area contributed by atoms with Gasteiger partial charge in [-0.15, -0.1) is 11.3 Å². The molecule has 0 aliphatic carbocycles. The highest BCUT2D eigenvalue weighted by molar-refractivity contribution is 7.18. The summed E-state index contributed by atoms with van der Waals surface area (Å²) in [4.78, 5) is 7.85. The van der Waals surface area contributed by atoms with Gasteiger partial charge in [-0.2, -0.15) is 0 Å². The maximum absolute atomic E-state index is 4.54. The molecule has 0 amide bonds. The number of hydrogen-bond donors (Lipinski definition) is 0. The standard InChI is InChI=1S/C17H16N2S/c1-19(2)15-10-8-14(9-11-15)17-18-12-16(20-17)13-6-4-3-5-7-13/h3-12H,1-2H3. The highest BCUT2D eigenvalue weighted by atomic mass is 32.1. The Morgan fingerprint density at radius 2 is 1.55 bits per heavy atom. The average molecular weight is 280 g/mol. The first-order valence-electron chi connectivity index (χ1n) is 6.53. The lowest BCUT2D eigenvalue weighted by atomic mass is 10.2. The summed E-state index contributed by atoms with van der Waals surface area (Å²) in [6.07, 6.45) is 1.95. The molecule has 3 heteroatoms. The zero-order valence-electron chi connectivity index (χ0n) is 11.6. The Labute approximate surface area is 123 Å². The molecule has 0 saturated heterocycles. The molecule has 0 fully saturated rings. The van der Waals surface area contributed by atoms with Gasteiger partial charge in [0.15, 0.2) is 0 Å². The molecule has 1 aromatic heterocycles. The van der Waals surface area contributed by atoms with Gasteiger partial charge in [0.05, 0.1) is 4.88 Å². The van der Waals surface area contributed by atoms with E-state index >= 15 is 0 Å². The summed E-state index contributed by atoms with van der Waals surface area (Å²) in [5, 5.41) is 1.06. The van der Waals surface area contributed by atoms with Gasteiger partial charge >= 0.3 is 0 Å². The molecular formula is C17H16N2S. The molecular weight excluding hydrogens is 264 g/mol. The van der Waals surface area contributed by atoms with Gasteiger partial charge in [0, 0.05) is 31.5 Å². The van der Waals surface area contributed by atoms with E-state index in [1.807, 2.05) is 26.4 Å². The molecule has 2 aromatic carbocycles. The van der Waals surface area contributed by atoms with E-state index in [1.165, 1.54) is 21.7 Å². The molecule has 3 rings (SSSR count). The van der Waals surface area contributed by atoms with Crippen LogP contribution >= 0.6 is 11.3 Å². The largest absolute Gasteiger partial charge is 0.378 e. The zero-order chi connectivity index (χ0) is 13.9. The normalized spacial score (nSPS) is 10.5. The minimum atomic E-state index is 1.06. The minimum absolute atomic E-state index is 1.06. The maximum atomic E-state index is 4.54. The van der Waals surface area contributed by atoms with E-state index in [1.54, 1.807) is 11.3 Å². The fourth-order valence-corrected chi connectivity index (χ4v) is 2.97. The van der Waals surface area contributed by atoms with Crippen molar-refractivity contribution in [2.45, 2.75) is 0 Å². The van der Waals surface area contributed by atoms with Crippen molar-refractivity contribution in [3.8, 4) is 21.0 Å². The summed E-state index contributed by atoms with van der Waals surface area (Å²) in [5.74, 6) is 0. The molecule has 0 unspecified atom stereocenters. The van der Waals surface area contributed by atoms with Crippen molar-refractivity contribution in [1.29, 1.82) is 0 Å². The second kappa shape index (κ2) is 5.47. The molecule has 100 valence electrons. The number of benzene rings is 2. The summed E-state index contributed by atoms with van der Waals surface area (Å²) >= 11 is 1.73. The molecule has 0 spiro atoms. The lowest BCUT2D eigenvalue weighted by Crippen LogP contribution is -2.07. The summed E-state index contributed by atoms with van der Waals surface area (Å²) < 4.78 is 0. The van der Waals surface area contributed by atoms with Gasteiger partial charge in [0.2, 0.25) is 0 Å². The SMILES string of the molecule is CN(C)c1ccc(-c2ncc(-c3ccccc3)s2)cc1. The minimum Gasteiger partial charge on any atom is -0.378 e. The van der Waals surface area contributed by atoms with E-state index < -0.39 is 0 Å². The van der Waals surface area contributed by atoms with Crippen LogP contribution in [0.1, 0.15) is 0 Å². The van der Waals surface area contributed by atoms with Crippen LogP contribution in [0.25, 0.3) is 21.0 Å². The van der Waals surface area contributed by atoms with E-state index in [0.717, 1.165) is 5.01 Å². The molecule has 0 bridgehead atoms. The molecule has 0 atom stereocenters. The van der Waals surface area contributed by atoms with E-state index in [9.17, 15) is 0 Å². The Kier molecular flexibility index (Phi) is 3.52. The van der Waals surface area contributed by atoms with Crippen molar-refractivity contribution in [3.63, 3.8) is 0 Å². The van der Waals surface area contributed by atoms with Gasteiger partial charge in [0.1, 0.15) is 5.01 Å². The molecule has 3 aromatic rings. The Hall–Kier alpha value is -2.13. The van der Waals surface area contributed by atoms with Gasteiger partial charge in [-0.3, -0.25) is 0 Å². The van der Waals surface area contributed by atoms with E-state index in [4.69, 9.17) is 0 Å². The fourth-order valence-electron chi connectivity index (χ4n) is 2.05. The lowest BCUT2D eigenvalue weighted by molar-refractivity contribution is 1.13. The second-order valence-corrected chi connectivity index (χ2v) is 5.87. The summed E-state index contributed by atoms with van der Waals surface area (Å²) in [6.45, 7) is 0. The van der Waals surface area contributed by atoms with Crippen LogP contribution < -0.4 is 4.90 Å². The number of rotatable bonds is 3. The first-order chi connectivity index (χ1) is 9.74. The quantitative estimate of drug-likeness (QED) is 0.700. The maximum Gasteiger partial charge on any atom is 0.123 e. The van der Waals surface area contributed by atoms with Crippen LogP contribution in [0.15, 0.2) is 60.8 Å². The first-order valence-corrected chi connectivity index (χ1v) is 7.35. The van der Waals surface area contributed by atoms with Gasteiger partial charge in [-0.1, -0.05) is 30.3 Å². The number of aromatic nitrogens is 1. The van der Waals surface area contributed by atoms with E-state index in [2.05, 4.69) is 58.4 Å². The molecule has 1 heterocycles. The van der Waals surface area contributed by atoms with Crippen molar-refractivity contribution < 1.29 is 0 Å². The van der Waals surface area contributed by atoms with Crippen LogP contribution in [0.3, 0.4) is 0 Å². The topological polar surface area (TPSA) is 16.1 Å². The number of thiazole rings is 1. The molecule has 0 saturated carbocycles. The fraction of sp³-hybridized carbons (Fsp3) is 0.118. The zero-order valence-corrected chi connectivity index (χ0v) is 12.4. The van der Waals surface area contributed by atoms with Gasteiger partial charge < -0.3 is 4.90 Å². The first kappa shape index (κ1) is 12.9. The van der Waals surface area contributed by atoms with Crippen LogP contribution in [0.4, 0.5) is 5.69 Å². The Morgan fingerprint density at radius 3 is 2.20 bits per heavy atom. The molecule has 0 N–H and O–H groups in total. The molecule has 0 aliphatic rings. The van der Waals surface area contributed by atoms with Crippen LogP contribution in [-0.2, 0) is 0 Å². The van der Waals surface area contributed by atoms with Crippen molar-refractivity contribution in [1.82, 2.24) is 4.98 Å². The second-order valence-electron chi connectivity index (χ2n) is 4.84. The van der Waals surface area contributed by atoms with E-state index in [0.29, 0.717) is 0 Å². The van der Waals surface area contributed by atoms with Crippen LogP contribution in [-0.4, -0.2) is 19.1 Å². The number of hydrogen-bond acceptors (Lipinski definition) is 3. The average Bonchev–Trinajstić information content (AvgIpc) is 2.98. The number of nitrogens with zero attached hydrogens (tertiary/aromatic N) is 2. The van der Waals surface area contributed by atoms with Crippen LogP contribution in [0, 0.1) is 0 Å². The summed E-state index contributed by atoms with van der Waals surface area (Å²) in [7, 11) is 4.10. The third-order valence-corrected chi connectivity index (χ3v) is 4.29. The van der Waals surface area contributed by atoms with Crippen molar-refractivity contribution in [3.05, 3.63) is 60.8 Å². The van der Waals surface area contributed by atoms with Crippen molar-refractivity contribution in [2.24, 2.45) is 0 Å². The highest BCUT2D eigenvalue weighted by Gasteiger charge is 2.06. The summed E-state index contributed by atoms with van der Waals surface area (Å²) in [5.41, 5.74) is 3.59. The van der Waals surface area contributed by atoms with Crippen LogP contribution in [0.2, 0.25) is 0 Å². The Balaban J connectivity index is 1.90. The molecule has 20 heavy (non-hydrogen) atoms. The number of anilines is 1. The lowest BCUT2D eigenvalue weighted by Gasteiger charge is -2.11. The van der Waals surface area contributed by atoms with Crippen molar-refractivity contribution in [2.75, 3.05) is 19.0 Å². The smallest absolute Gasteiger partial charge is 0.123 e. The summed E-state index contributed by atoms with van der Waals surface area (Å²) in [6, 6.07) is 18.9. The molecule has 0 radical (unpaired) electrons. The van der Waals surface area contributed by atoms with Crippen LogP contribution in [0.5, 0.6) is 0 Å². The van der Waals surface area contributed by atoms with E-state index in [-0.39, 0.29) is 0 Å². The molecule has 0 aliphatic heterocycles. The predicted molar refractivity (Wildman–Crippen MR) is 87.3 cm³/mol. The molecule has 2 nitrogen and oxygen atoms in total.